The number of fused-ring (bicyclic) bond motifs is 1. The molecule has 0 aliphatic rings. The molecular formula is C10H7F2NO2. The van der Waals surface area contributed by atoms with Gasteiger partial charge in [0.05, 0.1) is 5.52 Å². The van der Waals surface area contributed by atoms with E-state index in [4.69, 9.17) is 5.11 Å². The topological polar surface area (TPSA) is 42.2 Å². The Kier molecular flexibility index (Phi) is 2.15. The summed E-state index contributed by atoms with van der Waals surface area (Å²) < 4.78 is 27.1. The summed E-state index contributed by atoms with van der Waals surface area (Å²) >= 11 is 0. The molecule has 0 radical (unpaired) electrons. The minimum Gasteiger partial charge on any atom is -0.480 e. The molecule has 15 heavy (non-hydrogen) atoms. The van der Waals surface area contributed by atoms with Crippen LogP contribution in [0.4, 0.5) is 8.78 Å². The van der Waals surface area contributed by atoms with Crippen molar-refractivity contribution in [1.29, 1.82) is 0 Å². The van der Waals surface area contributed by atoms with Gasteiger partial charge in [-0.3, -0.25) is 4.79 Å². The van der Waals surface area contributed by atoms with Gasteiger partial charge in [0.1, 0.15) is 6.54 Å². The van der Waals surface area contributed by atoms with E-state index < -0.39 is 17.6 Å². The first kappa shape index (κ1) is 9.64. The number of halogens is 2. The molecule has 2 aromatic rings. The van der Waals surface area contributed by atoms with Crippen molar-refractivity contribution in [2.75, 3.05) is 0 Å². The summed E-state index contributed by atoms with van der Waals surface area (Å²) in [6.07, 6.45) is 1.48. The second-order valence-electron chi connectivity index (χ2n) is 3.16. The third kappa shape index (κ3) is 1.68. The number of aliphatic carboxylic acids is 1. The first-order valence-electron chi connectivity index (χ1n) is 4.23. The van der Waals surface area contributed by atoms with Gasteiger partial charge in [-0.05, 0) is 12.1 Å². The lowest BCUT2D eigenvalue weighted by Gasteiger charge is -2.01. The van der Waals surface area contributed by atoms with Gasteiger partial charge in [-0.2, -0.15) is 0 Å². The van der Waals surface area contributed by atoms with Gasteiger partial charge in [0.25, 0.3) is 0 Å². The van der Waals surface area contributed by atoms with E-state index in [-0.39, 0.29) is 6.54 Å². The van der Waals surface area contributed by atoms with Gasteiger partial charge in [0.2, 0.25) is 0 Å². The molecule has 1 aromatic heterocycles. The zero-order valence-corrected chi connectivity index (χ0v) is 7.58. The highest BCUT2D eigenvalue weighted by Crippen LogP contribution is 2.19. The fourth-order valence-corrected chi connectivity index (χ4v) is 1.47. The second kappa shape index (κ2) is 3.34. The fraction of sp³-hybridized carbons (Fsp3) is 0.100. The Morgan fingerprint density at radius 3 is 2.67 bits per heavy atom. The van der Waals surface area contributed by atoms with Crippen molar-refractivity contribution in [1.82, 2.24) is 4.57 Å². The smallest absolute Gasteiger partial charge is 0.323 e. The molecule has 0 aliphatic carbocycles. The van der Waals surface area contributed by atoms with Crippen LogP contribution in [0.25, 0.3) is 10.9 Å². The van der Waals surface area contributed by atoms with E-state index in [1.807, 2.05) is 0 Å². The molecule has 0 aliphatic heterocycles. The third-order valence-electron chi connectivity index (χ3n) is 2.12. The number of carboxylic acid groups (broad SMARTS) is 1. The van der Waals surface area contributed by atoms with E-state index in [2.05, 4.69) is 0 Å². The Balaban J connectivity index is 2.59. The molecule has 2 rings (SSSR count). The summed E-state index contributed by atoms with van der Waals surface area (Å²) in [5.74, 6) is -2.94. The summed E-state index contributed by atoms with van der Waals surface area (Å²) in [5, 5.41) is 9.06. The van der Waals surface area contributed by atoms with Gasteiger partial charge in [-0.25, -0.2) is 8.78 Å². The van der Waals surface area contributed by atoms with Crippen LogP contribution in [0.5, 0.6) is 0 Å². The van der Waals surface area contributed by atoms with E-state index in [1.165, 1.54) is 10.8 Å². The molecule has 0 unspecified atom stereocenters. The van der Waals surface area contributed by atoms with Crippen LogP contribution in [0.15, 0.2) is 24.4 Å². The molecule has 0 spiro atoms. The van der Waals surface area contributed by atoms with Crippen molar-refractivity contribution in [3.05, 3.63) is 36.0 Å². The van der Waals surface area contributed by atoms with Crippen LogP contribution in [0.2, 0.25) is 0 Å². The van der Waals surface area contributed by atoms with E-state index >= 15 is 0 Å². The molecule has 0 atom stereocenters. The van der Waals surface area contributed by atoms with Crippen molar-refractivity contribution < 1.29 is 18.7 Å². The average Bonchev–Trinajstić information content (AvgIpc) is 2.49. The monoisotopic (exact) mass is 211 g/mol. The average molecular weight is 211 g/mol. The lowest BCUT2D eigenvalue weighted by atomic mass is 10.2. The number of hydrogen-bond donors (Lipinski definition) is 1. The standard InChI is InChI=1S/C10H7F2NO2/c11-7-3-6-1-2-13(5-10(14)15)9(6)4-8(7)12/h1-4H,5H2,(H,14,15). The predicted molar refractivity (Wildman–Crippen MR) is 49.5 cm³/mol. The van der Waals surface area contributed by atoms with Crippen LogP contribution in [-0.4, -0.2) is 15.6 Å². The van der Waals surface area contributed by atoms with Crippen molar-refractivity contribution in [3.63, 3.8) is 0 Å². The Bertz CT molecular complexity index is 533. The molecule has 1 aromatic carbocycles. The van der Waals surface area contributed by atoms with Gasteiger partial charge >= 0.3 is 5.97 Å². The van der Waals surface area contributed by atoms with E-state index in [0.29, 0.717) is 10.9 Å². The number of carbonyl (C=O) groups is 1. The number of carboxylic acids is 1. The van der Waals surface area contributed by atoms with Gasteiger partial charge < -0.3 is 9.67 Å². The van der Waals surface area contributed by atoms with Crippen LogP contribution >= 0.6 is 0 Å². The molecule has 1 N–H and O–H groups in total. The molecule has 0 saturated heterocycles. The van der Waals surface area contributed by atoms with E-state index in [9.17, 15) is 13.6 Å². The number of benzene rings is 1. The van der Waals surface area contributed by atoms with Crippen LogP contribution < -0.4 is 0 Å². The minimum atomic E-state index is -1.03. The quantitative estimate of drug-likeness (QED) is 0.825. The highest BCUT2D eigenvalue weighted by Gasteiger charge is 2.09. The highest BCUT2D eigenvalue weighted by atomic mass is 19.2. The molecule has 0 saturated carbocycles. The second-order valence-corrected chi connectivity index (χ2v) is 3.16. The normalized spacial score (nSPS) is 10.8. The van der Waals surface area contributed by atoms with Crippen molar-refractivity contribution in [3.8, 4) is 0 Å². The van der Waals surface area contributed by atoms with E-state index in [1.54, 1.807) is 6.07 Å². The number of nitrogens with zero attached hydrogens (tertiary/aromatic N) is 1. The fourth-order valence-electron chi connectivity index (χ4n) is 1.47. The Hall–Kier alpha value is -1.91. The van der Waals surface area contributed by atoms with Crippen molar-refractivity contribution >= 4 is 16.9 Å². The summed E-state index contributed by atoms with van der Waals surface area (Å²) in [6, 6.07) is 3.58. The lowest BCUT2D eigenvalue weighted by molar-refractivity contribution is -0.137. The van der Waals surface area contributed by atoms with Crippen LogP contribution in [0.3, 0.4) is 0 Å². The molecule has 0 fully saturated rings. The summed E-state index contributed by atoms with van der Waals surface area (Å²) in [5.41, 5.74) is 0.372. The largest absolute Gasteiger partial charge is 0.480 e. The van der Waals surface area contributed by atoms with Gasteiger partial charge in [0.15, 0.2) is 11.6 Å². The van der Waals surface area contributed by atoms with Crippen molar-refractivity contribution in [2.45, 2.75) is 6.54 Å². The predicted octanol–water partition coefficient (Wildman–Crippen LogP) is 2.00. The van der Waals surface area contributed by atoms with Gasteiger partial charge in [-0.15, -0.1) is 0 Å². The Labute approximate surface area is 83.5 Å². The van der Waals surface area contributed by atoms with Crippen LogP contribution in [-0.2, 0) is 11.3 Å². The first-order chi connectivity index (χ1) is 7.08. The Morgan fingerprint density at radius 1 is 1.33 bits per heavy atom. The van der Waals surface area contributed by atoms with Gasteiger partial charge in [0, 0.05) is 17.6 Å². The van der Waals surface area contributed by atoms with Gasteiger partial charge in [-0.1, -0.05) is 0 Å². The van der Waals surface area contributed by atoms with Crippen LogP contribution in [0.1, 0.15) is 0 Å². The maximum absolute atomic E-state index is 12.9. The Morgan fingerprint density at radius 2 is 2.00 bits per heavy atom. The summed E-state index contributed by atoms with van der Waals surface area (Å²) in [7, 11) is 0. The summed E-state index contributed by atoms with van der Waals surface area (Å²) in [4.78, 5) is 10.5. The molecular weight excluding hydrogens is 204 g/mol. The SMILES string of the molecule is O=C(O)Cn1ccc2cc(F)c(F)cc21. The number of aromatic nitrogens is 1. The van der Waals surface area contributed by atoms with E-state index in [0.717, 1.165) is 12.1 Å². The van der Waals surface area contributed by atoms with Crippen LogP contribution in [0, 0.1) is 11.6 Å². The maximum Gasteiger partial charge on any atom is 0.323 e. The molecule has 0 amide bonds. The first-order valence-corrected chi connectivity index (χ1v) is 4.23. The molecule has 78 valence electrons. The molecule has 5 heteroatoms. The zero-order valence-electron chi connectivity index (χ0n) is 7.58. The molecule has 0 bridgehead atoms. The minimum absolute atomic E-state index is 0.269. The molecule has 1 heterocycles. The number of rotatable bonds is 2. The number of hydrogen-bond acceptors (Lipinski definition) is 1. The van der Waals surface area contributed by atoms with Crippen molar-refractivity contribution in [2.24, 2.45) is 0 Å². The maximum atomic E-state index is 12.9. The summed E-state index contributed by atoms with van der Waals surface area (Å²) in [6.45, 7) is -0.269. The lowest BCUT2D eigenvalue weighted by Crippen LogP contribution is -2.07. The zero-order chi connectivity index (χ0) is 11.0. The molecule has 3 nitrogen and oxygen atoms in total. The highest BCUT2D eigenvalue weighted by molar-refractivity contribution is 5.81. The third-order valence-corrected chi connectivity index (χ3v) is 2.12.